The van der Waals surface area contributed by atoms with E-state index in [1.54, 1.807) is 5.38 Å². The molecule has 6 heteroatoms. The van der Waals surface area contributed by atoms with E-state index in [9.17, 15) is 10.1 Å². The molecule has 1 aromatic carbocycles. The topological polar surface area (TPSA) is 84.2 Å². The number of anilines is 1. The molecule has 0 atom stereocenters. The summed E-state index contributed by atoms with van der Waals surface area (Å²) in [6.45, 7) is 6.40. The molecule has 0 amide bonds. The standard InChI is InChI=1S/C17H16N4OS/c1-17(2,3)11-6-4-10(5-7-11)14-12(8-18)15(22)21-13(19)9-23-16(21)20-14/h4-7,9H,19H2,1-3H3. The van der Waals surface area contributed by atoms with Crippen LogP contribution < -0.4 is 11.3 Å². The fourth-order valence-corrected chi connectivity index (χ4v) is 3.18. The summed E-state index contributed by atoms with van der Waals surface area (Å²) in [4.78, 5) is 17.4. The number of thiazole rings is 1. The monoisotopic (exact) mass is 324 g/mol. The Morgan fingerprint density at radius 2 is 1.91 bits per heavy atom. The first-order valence-electron chi connectivity index (χ1n) is 7.13. The molecule has 116 valence electrons. The Kier molecular flexibility index (Phi) is 3.46. The van der Waals surface area contributed by atoms with Gasteiger partial charge in [0, 0.05) is 10.9 Å². The lowest BCUT2D eigenvalue weighted by Crippen LogP contribution is -2.19. The fraction of sp³-hybridized carbons (Fsp3) is 0.235. The number of hydrogen-bond acceptors (Lipinski definition) is 5. The van der Waals surface area contributed by atoms with Crippen molar-refractivity contribution in [3.63, 3.8) is 0 Å². The van der Waals surface area contributed by atoms with Crippen molar-refractivity contribution >= 4 is 22.1 Å². The quantitative estimate of drug-likeness (QED) is 0.745. The predicted molar refractivity (Wildman–Crippen MR) is 92.6 cm³/mol. The fourth-order valence-electron chi connectivity index (χ4n) is 2.41. The Morgan fingerprint density at radius 1 is 1.26 bits per heavy atom. The molecule has 0 radical (unpaired) electrons. The molecule has 0 aliphatic heterocycles. The molecule has 3 aromatic rings. The van der Waals surface area contributed by atoms with E-state index < -0.39 is 5.56 Å². The molecular weight excluding hydrogens is 308 g/mol. The molecule has 0 saturated heterocycles. The van der Waals surface area contributed by atoms with E-state index in [1.165, 1.54) is 21.3 Å². The lowest BCUT2D eigenvalue weighted by Gasteiger charge is -2.19. The SMILES string of the molecule is CC(C)(C)c1ccc(-c2nc3scc(N)n3c(=O)c2C#N)cc1. The summed E-state index contributed by atoms with van der Waals surface area (Å²) in [5.74, 6) is 0.300. The van der Waals surface area contributed by atoms with Crippen LogP contribution in [0.15, 0.2) is 34.4 Å². The Hall–Kier alpha value is -2.65. The van der Waals surface area contributed by atoms with Crippen molar-refractivity contribution in [3.8, 4) is 17.3 Å². The van der Waals surface area contributed by atoms with Crippen molar-refractivity contribution < 1.29 is 0 Å². The number of fused-ring (bicyclic) bond motifs is 1. The van der Waals surface area contributed by atoms with Crippen molar-refractivity contribution in [2.24, 2.45) is 0 Å². The van der Waals surface area contributed by atoms with Gasteiger partial charge in [-0.2, -0.15) is 5.26 Å². The van der Waals surface area contributed by atoms with Gasteiger partial charge in [0.2, 0.25) is 0 Å². The van der Waals surface area contributed by atoms with Crippen LogP contribution in [0.3, 0.4) is 0 Å². The maximum atomic E-state index is 12.5. The van der Waals surface area contributed by atoms with Gasteiger partial charge in [0.15, 0.2) is 4.96 Å². The van der Waals surface area contributed by atoms with Gasteiger partial charge in [-0.1, -0.05) is 45.0 Å². The maximum Gasteiger partial charge on any atom is 0.278 e. The van der Waals surface area contributed by atoms with Crippen LogP contribution in [0.4, 0.5) is 5.82 Å². The second-order valence-corrected chi connectivity index (χ2v) is 7.19. The molecule has 2 aromatic heterocycles. The number of nitriles is 1. The van der Waals surface area contributed by atoms with E-state index in [4.69, 9.17) is 5.73 Å². The second kappa shape index (κ2) is 5.21. The number of aromatic nitrogens is 2. The molecule has 0 aliphatic rings. The van der Waals surface area contributed by atoms with Crippen molar-refractivity contribution in [2.45, 2.75) is 26.2 Å². The van der Waals surface area contributed by atoms with Crippen molar-refractivity contribution in [3.05, 3.63) is 51.1 Å². The average molecular weight is 324 g/mol. The van der Waals surface area contributed by atoms with Crippen LogP contribution in [0.1, 0.15) is 31.9 Å². The molecule has 3 rings (SSSR count). The van der Waals surface area contributed by atoms with E-state index in [0.717, 1.165) is 5.56 Å². The summed E-state index contributed by atoms with van der Waals surface area (Å²) in [5.41, 5.74) is 7.74. The molecule has 0 unspecified atom stereocenters. The highest BCUT2D eigenvalue weighted by molar-refractivity contribution is 7.15. The summed E-state index contributed by atoms with van der Waals surface area (Å²) < 4.78 is 1.27. The molecule has 2 heterocycles. The van der Waals surface area contributed by atoms with E-state index in [1.807, 2.05) is 30.3 Å². The number of nitrogens with two attached hydrogens (primary N) is 1. The summed E-state index contributed by atoms with van der Waals surface area (Å²) in [5, 5.41) is 11.0. The normalized spacial score (nSPS) is 11.6. The van der Waals surface area contributed by atoms with Crippen LogP contribution in [-0.2, 0) is 5.41 Å². The summed E-state index contributed by atoms with van der Waals surface area (Å²) >= 11 is 1.28. The third-order valence-corrected chi connectivity index (χ3v) is 4.58. The molecular formula is C17H16N4OS. The van der Waals surface area contributed by atoms with Crippen LogP contribution in [0.5, 0.6) is 0 Å². The molecule has 0 fully saturated rings. The first-order chi connectivity index (χ1) is 10.8. The molecule has 23 heavy (non-hydrogen) atoms. The van der Waals surface area contributed by atoms with E-state index in [0.29, 0.717) is 16.5 Å². The maximum absolute atomic E-state index is 12.5. The minimum atomic E-state index is -0.425. The van der Waals surface area contributed by atoms with Crippen LogP contribution in [-0.4, -0.2) is 9.38 Å². The number of nitrogens with zero attached hydrogens (tertiary/aromatic N) is 3. The zero-order chi connectivity index (χ0) is 16.8. The second-order valence-electron chi connectivity index (χ2n) is 6.36. The van der Waals surface area contributed by atoms with Gasteiger partial charge in [-0.15, -0.1) is 11.3 Å². The minimum Gasteiger partial charge on any atom is -0.384 e. The van der Waals surface area contributed by atoms with Gasteiger partial charge in [0.1, 0.15) is 17.5 Å². The molecule has 0 saturated carbocycles. The molecule has 0 aliphatic carbocycles. The highest BCUT2D eigenvalue weighted by atomic mass is 32.1. The van der Waals surface area contributed by atoms with Gasteiger partial charge >= 0.3 is 0 Å². The van der Waals surface area contributed by atoms with Gasteiger partial charge in [-0.25, -0.2) is 9.38 Å². The Bertz CT molecular complexity index is 985. The largest absolute Gasteiger partial charge is 0.384 e. The Morgan fingerprint density at radius 3 is 2.48 bits per heavy atom. The van der Waals surface area contributed by atoms with Gasteiger partial charge in [0.25, 0.3) is 5.56 Å². The third-order valence-electron chi connectivity index (χ3n) is 3.73. The van der Waals surface area contributed by atoms with Crippen molar-refractivity contribution in [1.29, 1.82) is 5.26 Å². The Labute approximate surface area is 137 Å². The van der Waals surface area contributed by atoms with Crippen LogP contribution in [0.25, 0.3) is 16.2 Å². The van der Waals surface area contributed by atoms with E-state index in [-0.39, 0.29) is 11.0 Å². The number of hydrogen-bond donors (Lipinski definition) is 1. The first-order valence-corrected chi connectivity index (χ1v) is 8.01. The zero-order valence-electron chi connectivity index (χ0n) is 13.1. The summed E-state index contributed by atoms with van der Waals surface area (Å²) in [6, 6.07) is 9.77. The number of nitrogen functional groups attached to an aromatic ring is 1. The lowest BCUT2D eigenvalue weighted by molar-refractivity contribution is 0.590. The van der Waals surface area contributed by atoms with Gasteiger partial charge < -0.3 is 5.73 Å². The summed E-state index contributed by atoms with van der Waals surface area (Å²) in [7, 11) is 0. The Balaban J connectivity index is 2.24. The predicted octanol–water partition coefficient (Wildman–Crippen LogP) is 3.17. The molecule has 0 bridgehead atoms. The van der Waals surface area contributed by atoms with E-state index >= 15 is 0 Å². The van der Waals surface area contributed by atoms with Gasteiger partial charge in [0.05, 0.1) is 5.69 Å². The molecule has 5 nitrogen and oxygen atoms in total. The summed E-state index contributed by atoms with van der Waals surface area (Å²) in [6.07, 6.45) is 0. The zero-order valence-corrected chi connectivity index (χ0v) is 13.9. The third kappa shape index (κ3) is 2.49. The van der Waals surface area contributed by atoms with Gasteiger partial charge in [-0.3, -0.25) is 4.79 Å². The first kappa shape index (κ1) is 15.3. The van der Waals surface area contributed by atoms with Crippen molar-refractivity contribution in [2.75, 3.05) is 5.73 Å². The number of benzene rings is 1. The smallest absolute Gasteiger partial charge is 0.278 e. The average Bonchev–Trinajstić information content (AvgIpc) is 2.88. The number of rotatable bonds is 1. The highest BCUT2D eigenvalue weighted by Crippen LogP contribution is 2.27. The van der Waals surface area contributed by atoms with Crippen molar-refractivity contribution in [1.82, 2.24) is 9.38 Å². The van der Waals surface area contributed by atoms with Crippen LogP contribution in [0.2, 0.25) is 0 Å². The highest BCUT2D eigenvalue weighted by Gasteiger charge is 2.18. The van der Waals surface area contributed by atoms with Crippen LogP contribution in [0, 0.1) is 11.3 Å². The minimum absolute atomic E-state index is 0.0103. The van der Waals surface area contributed by atoms with E-state index in [2.05, 4.69) is 25.8 Å². The lowest BCUT2D eigenvalue weighted by atomic mass is 9.86. The van der Waals surface area contributed by atoms with Gasteiger partial charge in [-0.05, 0) is 11.0 Å². The van der Waals surface area contributed by atoms with Crippen LogP contribution >= 0.6 is 11.3 Å². The molecule has 2 N–H and O–H groups in total. The molecule has 0 spiro atoms.